The Morgan fingerprint density at radius 1 is 1.31 bits per heavy atom. The number of nitrogens with zero attached hydrogens (tertiary/aromatic N) is 3. The summed E-state index contributed by atoms with van der Waals surface area (Å²) in [5.74, 6) is -1.71. The normalized spacial score (nSPS) is 17.6. The fraction of sp³-hybridized carbons (Fsp3) is 0.438. The number of aliphatic carboxylic acids is 1. The maximum atomic E-state index is 10.6. The Hall–Kier alpha value is -2.20. The number of phenolic OH excluding ortho intramolecular Hbond substituents is 1. The van der Waals surface area contributed by atoms with Gasteiger partial charge in [-0.25, -0.2) is 4.79 Å². The second-order valence-corrected chi connectivity index (χ2v) is 6.52. The van der Waals surface area contributed by atoms with E-state index >= 15 is 0 Å². The number of alkyl halides is 3. The number of hydrogen-bond donors (Lipinski definition) is 2. The predicted molar refractivity (Wildman–Crippen MR) is 88.8 cm³/mol. The summed E-state index contributed by atoms with van der Waals surface area (Å²) < 4.78 is 40.0. The van der Waals surface area contributed by atoms with Crippen LogP contribution in [0.2, 0.25) is 0 Å². The van der Waals surface area contributed by atoms with E-state index in [2.05, 4.69) is 13.6 Å². The van der Waals surface area contributed by atoms with E-state index in [1.807, 2.05) is 18.3 Å². The first-order valence-electron chi connectivity index (χ1n) is 7.81. The highest BCUT2D eigenvalue weighted by Gasteiger charge is 2.38. The first-order valence-corrected chi connectivity index (χ1v) is 8.54. The molecule has 6 nitrogen and oxygen atoms in total. The van der Waals surface area contributed by atoms with Crippen LogP contribution in [0.25, 0.3) is 0 Å². The van der Waals surface area contributed by atoms with Crippen molar-refractivity contribution in [2.45, 2.75) is 25.6 Å². The number of likely N-dealkylation sites (tertiary alicyclic amines) is 1. The van der Waals surface area contributed by atoms with Gasteiger partial charge in [-0.1, -0.05) is 12.1 Å². The summed E-state index contributed by atoms with van der Waals surface area (Å²) >= 11 is 1.28. The summed E-state index contributed by atoms with van der Waals surface area (Å²) in [6, 6.07) is 7.57. The third kappa shape index (κ3) is 6.60. The maximum absolute atomic E-state index is 10.6. The van der Waals surface area contributed by atoms with E-state index in [1.54, 1.807) is 12.1 Å². The fourth-order valence-electron chi connectivity index (χ4n) is 2.67. The molecule has 26 heavy (non-hydrogen) atoms. The highest BCUT2D eigenvalue weighted by atomic mass is 32.1. The summed E-state index contributed by atoms with van der Waals surface area (Å²) in [5.41, 5.74) is 2.38. The van der Waals surface area contributed by atoms with Crippen molar-refractivity contribution in [2.24, 2.45) is 5.92 Å². The molecule has 1 aliphatic rings. The molecule has 0 amide bonds. The van der Waals surface area contributed by atoms with E-state index < -0.39 is 12.1 Å². The van der Waals surface area contributed by atoms with Gasteiger partial charge in [-0.15, -0.1) is 0 Å². The van der Waals surface area contributed by atoms with Crippen molar-refractivity contribution in [3.05, 3.63) is 41.7 Å². The van der Waals surface area contributed by atoms with Crippen LogP contribution in [-0.4, -0.2) is 49.1 Å². The van der Waals surface area contributed by atoms with Crippen molar-refractivity contribution in [3.63, 3.8) is 0 Å². The molecule has 1 saturated heterocycles. The molecule has 2 heterocycles. The van der Waals surface area contributed by atoms with E-state index in [0.29, 0.717) is 11.7 Å². The monoisotopic (exact) mass is 389 g/mol. The van der Waals surface area contributed by atoms with E-state index in [0.717, 1.165) is 31.7 Å². The van der Waals surface area contributed by atoms with Gasteiger partial charge in [0.15, 0.2) is 0 Å². The van der Waals surface area contributed by atoms with E-state index in [-0.39, 0.29) is 0 Å². The first kappa shape index (κ1) is 20.1. The van der Waals surface area contributed by atoms with Crippen LogP contribution in [0.15, 0.2) is 30.5 Å². The molecule has 0 spiro atoms. The highest BCUT2D eigenvalue weighted by Crippen LogP contribution is 2.23. The number of carboxylic acid groups (broad SMARTS) is 1. The number of halogens is 3. The number of benzene rings is 1. The zero-order chi connectivity index (χ0) is 19.2. The van der Waals surface area contributed by atoms with Gasteiger partial charge in [0.25, 0.3) is 0 Å². The molecule has 0 bridgehead atoms. The summed E-state index contributed by atoms with van der Waals surface area (Å²) in [4.78, 5) is 11.3. The van der Waals surface area contributed by atoms with Crippen LogP contribution in [0.3, 0.4) is 0 Å². The average molecular weight is 389 g/mol. The van der Waals surface area contributed by atoms with E-state index in [1.165, 1.54) is 23.7 Å². The van der Waals surface area contributed by atoms with E-state index in [9.17, 15) is 18.3 Å². The van der Waals surface area contributed by atoms with Gasteiger partial charge in [0.2, 0.25) is 0 Å². The van der Waals surface area contributed by atoms with E-state index in [4.69, 9.17) is 9.90 Å². The zero-order valence-corrected chi connectivity index (χ0v) is 14.5. The Balaban J connectivity index is 0.000000298. The third-order valence-corrected chi connectivity index (χ3v) is 4.38. The minimum Gasteiger partial charge on any atom is -0.508 e. The van der Waals surface area contributed by atoms with Crippen molar-refractivity contribution < 1.29 is 28.2 Å². The smallest absolute Gasteiger partial charge is 0.490 e. The minimum atomic E-state index is -5.08. The van der Waals surface area contributed by atoms with Gasteiger partial charge in [-0.2, -0.15) is 21.9 Å². The molecule has 10 heteroatoms. The number of rotatable bonds is 4. The minimum absolute atomic E-state index is 0.341. The number of aromatic nitrogens is 2. The molecule has 1 aromatic carbocycles. The topological polar surface area (TPSA) is 86.5 Å². The fourth-order valence-corrected chi connectivity index (χ4v) is 3.10. The number of hydrogen-bond acceptors (Lipinski definition) is 6. The Morgan fingerprint density at radius 2 is 1.96 bits per heavy atom. The summed E-state index contributed by atoms with van der Waals surface area (Å²) in [6.45, 7) is 3.18. The Labute approximate surface area is 152 Å². The third-order valence-electron chi connectivity index (χ3n) is 3.87. The molecule has 2 N–H and O–H groups in total. The van der Waals surface area contributed by atoms with Gasteiger partial charge < -0.3 is 10.2 Å². The molecule has 1 atom stereocenters. The molecule has 1 fully saturated rings. The number of carbonyl (C=O) groups is 1. The molecule has 0 saturated carbocycles. The molecule has 0 radical (unpaired) electrons. The SMILES string of the molecule is O=C(O)C(F)(F)F.Oc1ccc(CC2CCN(Cc3cnsn3)C2)cc1. The lowest BCUT2D eigenvalue weighted by molar-refractivity contribution is -0.192. The quantitative estimate of drug-likeness (QED) is 0.836. The van der Waals surface area contributed by atoms with Crippen LogP contribution in [0.1, 0.15) is 17.7 Å². The van der Waals surface area contributed by atoms with Crippen molar-refractivity contribution >= 4 is 17.7 Å². The van der Waals surface area contributed by atoms with Gasteiger partial charge in [-0.3, -0.25) is 4.90 Å². The summed E-state index contributed by atoms with van der Waals surface area (Å²) in [7, 11) is 0. The van der Waals surface area contributed by atoms with Crippen molar-refractivity contribution in [2.75, 3.05) is 13.1 Å². The van der Waals surface area contributed by atoms with Gasteiger partial charge in [0, 0.05) is 13.1 Å². The Kier molecular flexibility index (Phi) is 6.92. The number of phenols is 1. The lowest BCUT2D eigenvalue weighted by Crippen LogP contribution is -2.21. The molecule has 0 aliphatic carbocycles. The van der Waals surface area contributed by atoms with Gasteiger partial charge >= 0.3 is 12.1 Å². The molecule has 2 aromatic rings. The Morgan fingerprint density at radius 3 is 2.50 bits per heavy atom. The van der Waals surface area contributed by atoms with Crippen molar-refractivity contribution in [1.82, 2.24) is 13.6 Å². The van der Waals surface area contributed by atoms with Gasteiger partial charge in [0.1, 0.15) is 5.75 Å². The molecular weight excluding hydrogens is 371 g/mol. The van der Waals surface area contributed by atoms with Crippen LogP contribution in [-0.2, 0) is 17.8 Å². The first-order chi connectivity index (χ1) is 12.2. The molecule has 1 aliphatic heterocycles. The lowest BCUT2D eigenvalue weighted by Gasteiger charge is -2.14. The lowest BCUT2D eigenvalue weighted by atomic mass is 9.99. The van der Waals surface area contributed by atoms with Crippen LogP contribution in [0.4, 0.5) is 13.2 Å². The maximum Gasteiger partial charge on any atom is 0.490 e. The van der Waals surface area contributed by atoms with Gasteiger partial charge in [0.05, 0.1) is 23.6 Å². The van der Waals surface area contributed by atoms with Gasteiger partial charge in [-0.05, 0) is 43.0 Å². The predicted octanol–water partition coefficient (Wildman–Crippen LogP) is 2.94. The highest BCUT2D eigenvalue weighted by molar-refractivity contribution is 6.99. The number of aromatic hydroxyl groups is 1. The van der Waals surface area contributed by atoms with Crippen LogP contribution >= 0.6 is 11.7 Å². The Bertz CT molecular complexity index is 693. The zero-order valence-electron chi connectivity index (χ0n) is 13.7. The second-order valence-electron chi connectivity index (χ2n) is 5.96. The average Bonchev–Trinajstić information content (AvgIpc) is 3.22. The molecule has 1 aromatic heterocycles. The second kappa shape index (κ2) is 8.95. The molecular formula is C16H18F3N3O3S. The summed E-state index contributed by atoms with van der Waals surface area (Å²) in [6.07, 6.45) is -0.900. The summed E-state index contributed by atoms with van der Waals surface area (Å²) in [5, 5.41) is 16.4. The number of carboxylic acids is 1. The molecule has 142 valence electrons. The van der Waals surface area contributed by atoms with Crippen molar-refractivity contribution in [1.29, 1.82) is 0 Å². The van der Waals surface area contributed by atoms with Crippen LogP contribution < -0.4 is 0 Å². The molecule has 3 rings (SSSR count). The largest absolute Gasteiger partial charge is 0.508 e. The molecule has 1 unspecified atom stereocenters. The standard InChI is InChI=1S/C14H17N3OS.C2HF3O2/c18-14-3-1-11(2-4-14)7-12-5-6-17(9-12)10-13-8-15-19-16-13;3-2(4,5)1(6)7/h1-4,8,12,18H,5-7,9-10H2;(H,6,7). The van der Waals surface area contributed by atoms with Crippen molar-refractivity contribution in [3.8, 4) is 5.75 Å². The van der Waals surface area contributed by atoms with Crippen LogP contribution in [0.5, 0.6) is 5.75 Å². The van der Waals surface area contributed by atoms with Crippen LogP contribution in [0, 0.1) is 5.92 Å².